The van der Waals surface area contributed by atoms with E-state index < -0.39 is 18.7 Å². The van der Waals surface area contributed by atoms with Gasteiger partial charge in [-0.15, -0.1) is 0 Å². The first-order chi connectivity index (χ1) is 14.3. The van der Waals surface area contributed by atoms with Crippen LogP contribution in [0.5, 0.6) is 11.5 Å². The van der Waals surface area contributed by atoms with E-state index in [1.54, 1.807) is 7.05 Å². The molecule has 0 fully saturated rings. The highest BCUT2D eigenvalue weighted by Gasteiger charge is 2.20. The van der Waals surface area contributed by atoms with Crippen LogP contribution in [0.4, 0.5) is 8.78 Å². The number of ether oxygens (including phenoxy) is 3. The molecule has 2 rings (SSSR count). The van der Waals surface area contributed by atoms with Crippen LogP contribution in [0.2, 0.25) is 0 Å². The molecule has 160 valence electrons. The molecule has 0 aromatic heterocycles. The number of likely N-dealkylation sites (N-methyl/N-ethyl adjacent to an activating group) is 1. The van der Waals surface area contributed by atoms with Crippen molar-refractivity contribution in [1.29, 1.82) is 0 Å². The summed E-state index contributed by atoms with van der Waals surface area (Å²) < 4.78 is 39.3. The number of benzene rings is 2. The van der Waals surface area contributed by atoms with Gasteiger partial charge in [0.25, 0.3) is 5.91 Å². The quantitative estimate of drug-likeness (QED) is 0.456. The number of amides is 1. The van der Waals surface area contributed by atoms with E-state index in [0.717, 1.165) is 11.6 Å². The summed E-state index contributed by atoms with van der Waals surface area (Å²) in [6.45, 7) is -1.09. The monoisotopic (exact) mass is 419 g/mol. The van der Waals surface area contributed by atoms with Crippen LogP contribution in [0.15, 0.2) is 54.6 Å². The molecule has 1 atom stereocenters. The minimum atomic E-state index is -2.98. The molecule has 0 N–H and O–H groups in total. The summed E-state index contributed by atoms with van der Waals surface area (Å²) >= 11 is 0. The molecule has 2 aromatic rings. The molecule has 0 radical (unpaired) electrons. The van der Waals surface area contributed by atoms with Crippen LogP contribution in [-0.4, -0.2) is 43.6 Å². The molecule has 1 amide bonds. The first-order valence-corrected chi connectivity index (χ1v) is 9.10. The van der Waals surface area contributed by atoms with Gasteiger partial charge in [0, 0.05) is 19.7 Å². The molecule has 0 aliphatic rings. The summed E-state index contributed by atoms with van der Waals surface area (Å²) in [5.41, 5.74) is 1.46. The van der Waals surface area contributed by atoms with E-state index in [9.17, 15) is 18.4 Å². The Labute approximate surface area is 173 Å². The number of rotatable bonds is 9. The SMILES string of the molecule is COc1cc(/C=C/C(=O)O[C@@H](C)C(=O)N(C)Cc2ccccc2)ccc1OC(F)F. The molecule has 0 aliphatic carbocycles. The lowest BCUT2D eigenvalue weighted by Gasteiger charge is -2.21. The van der Waals surface area contributed by atoms with Crippen LogP contribution in [-0.2, 0) is 20.9 Å². The van der Waals surface area contributed by atoms with Crippen LogP contribution in [0, 0.1) is 0 Å². The lowest BCUT2D eigenvalue weighted by molar-refractivity contribution is -0.154. The summed E-state index contributed by atoms with van der Waals surface area (Å²) in [7, 11) is 2.94. The van der Waals surface area contributed by atoms with E-state index in [1.807, 2.05) is 30.3 Å². The molecule has 2 aromatic carbocycles. The number of nitrogens with zero attached hydrogens (tertiary/aromatic N) is 1. The Morgan fingerprint density at radius 2 is 1.80 bits per heavy atom. The second-order valence-corrected chi connectivity index (χ2v) is 6.38. The number of hydrogen-bond acceptors (Lipinski definition) is 5. The van der Waals surface area contributed by atoms with Gasteiger partial charge in [-0.1, -0.05) is 36.4 Å². The number of halogens is 2. The molecular formula is C22H23F2NO5. The fourth-order valence-corrected chi connectivity index (χ4v) is 2.65. The van der Waals surface area contributed by atoms with Crippen LogP contribution < -0.4 is 9.47 Å². The zero-order valence-electron chi connectivity index (χ0n) is 16.9. The summed E-state index contributed by atoms with van der Waals surface area (Å²) in [6.07, 6.45) is 1.60. The Hall–Kier alpha value is -3.42. The van der Waals surface area contributed by atoms with Crippen molar-refractivity contribution >= 4 is 18.0 Å². The fraction of sp³-hybridized carbons (Fsp3) is 0.273. The van der Waals surface area contributed by atoms with Crippen LogP contribution in [0.1, 0.15) is 18.1 Å². The Balaban J connectivity index is 1.94. The van der Waals surface area contributed by atoms with Crippen molar-refractivity contribution in [2.75, 3.05) is 14.2 Å². The third-order valence-electron chi connectivity index (χ3n) is 4.10. The Morgan fingerprint density at radius 1 is 1.10 bits per heavy atom. The smallest absolute Gasteiger partial charge is 0.387 e. The molecule has 0 saturated heterocycles. The minimum absolute atomic E-state index is 0.0944. The maximum absolute atomic E-state index is 12.4. The maximum atomic E-state index is 12.4. The highest BCUT2D eigenvalue weighted by atomic mass is 19.3. The normalized spacial score (nSPS) is 11.9. The lowest BCUT2D eigenvalue weighted by Crippen LogP contribution is -2.36. The maximum Gasteiger partial charge on any atom is 0.387 e. The van der Waals surface area contributed by atoms with Gasteiger partial charge >= 0.3 is 12.6 Å². The molecule has 8 heteroatoms. The summed E-state index contributed by atoms with van der Waals surface area (Å²) in [5, 5.41) is 0. The molecule has 0 spiro atoms. The van der Waals surface area contributed by atoms with Crippen molar-refractivity contribution in [3.05, 3.63) is 65.7 Å². The van der Waals surface area contributed by atoms with Crippen molar-refractivity contribution in [2.45, 2.75) is 26.2 Å². The zero-order chi connectivity index (χ0) is 22.1. The van der Waals surface area contributed by atoms with Gasteiger partial charge in [0.15, 0.2) is 17.6 Å². The fourth-order valence-electron chi connectivity index (χ4n) is 2.65. The first-order valence-electron chi connectivity index (χ1n) is 9.10. The van der Waals surface area contributed by atoms with E-state index in [-0.39, 0.29) is 17.4 Å². The second kappa shape index (κ2) is 10.9. The highest BCUT2D eigenvalue weighted by molar-refractivity contribution is 5.90. The van der Waals surface area contributed by atoms with Crippen molar-refractivity contribution in [1.82, 2.24) is 4.90 Å². The molecule has 0 unspecified atom stereocenters. The molecular weight excluding hydrogens is 396 g/mol. The van der Waals surface area contributed by atoms with Gasteiger partial charge in [-0.2, -0.15) is 8.78 Å². The summed E-state index contributed by atoms with van der Waals surface area (Å²) in [6, 6.07) is 13.7. The van der Waals surface area contributed by atoms with E-state index in [2.05, 4.69) is 4.74 Å². The molecule has 0 heterocycles. The average Bonchev–Trinajstić information content (AvgIpc) is 2.72. The molecule has 0 bridgehead atoms. The van der Waals surface area contributed by atoms with E-state index >= 15 is 0 Å². The highest BCUT2D eigenvalue weighted by Crippen LogP contribution is 2.29. The molecule has 0 aliphatic heterocycles. The van der Waals surface area contributed by atoms with Crippen molar-refractivity contribution in [3.63, 3.8) is 0 Å². The van der Waals surface area contributed by atoms with Crippen LogP contribution in [0.25, 0.3) is 6.08 Å². The molecule has 6 nitrogen and oxygen atoms in total. The molecule has 30 heavy (non-hydrogen) atoms. The van der Waals surface area contributed by atoms with Crippen molar-refractivity contribution in [3.8, 4) is 11.5 Å². The Kier molecular flexibility index (Phi) is 8.34. The average molecular weight is 419 g/mol. The first kappa shape index (κ1) is 22.9. The van der Waals surface area contributed by atoms with E-state index in [1.165, 1.54) is 43.2 Å². The number of methoxy groups -OCH3 is 1. The standard InChI is InChI=1S/C22H23F2NO5/c1-15(21(27)25(2)14-17-7-5-4-6-8-17)29-20(26)12-10-16-9-11-18(30-22(23)24)19(13-16)28-3/h4-13,15,22H,14H2,1-3H3/b12-10+/t15-/m0/s1. The topological polar surface area (TPSA) is 65.1 Å². The number of carbonyl (C=O) groups is 2. The number of esters is 1. The van der Waals surface area contributed by atoms with Crippen LogP contribution >= 0.6 is 0 Å². The minimum Gasteiger partial charge on any atom is -0.493 e. The number of hydrogen-bond donors (Lipinski definition) is 0. The van der Waals surface area contributed by atoms with Gasteiger partial charge in [0.05, 0.1) is 7.11 Å². The predicted molar refractivity (Wildman–Crippen MR) is 107 cm³/mol. The summed E-state index contributed by atoms with van der Waals surface area (Å²) in [4.78, 5) is 25.9. The van der Waals surface area contributed by atoms with Crippen LogP contribution in [0.3, 0.4) is 0 Å². The van der Waals surface area contributed by atoms with E-state index in [4.69, 9.17) is 9.47 Å². The van der Waals surface area contributed by atoms with Crippen molar-refractivity contribution in [2.24, 2.45) is 0 Å². The largest absolute Gasteiger partial charge is 0.493 e. The Morgan fingerprint density at radius 3 is 2.43 bits per heavy atom. The Bertz CT molecular complexity index is 886. The zero-order valence-corrected chi connectivity index (χ0v) is 16.9. The predicted octanol–water partition coefficient (Wildman–Crippen LogP) is 3.90. The van der Waals surface area contributed by atoms with Crippen molar-refractivity contribution < 1.29 is 32.6 Å². The van der Waals surface area contributed by atoms with Gasteiger partial charge in [-0.05, 0) is 36.3 Å². The second-order valence-electron chi connectivity index (χ2n) is 6.38. The third-order valence-corrected chi connectivity index (χ3v) is 4.10. The molecule has 0 saturated carbocycles. The van der Waals surface area contributed by atoms with Gasteiger partial charge in [0.2, 0.25) is 0 Å². The summed E-state index contributed by atoms with van der Waals surface area (Å²) in [5.74, 6) is -1.07. The van der Waals surface area contributed by atoms with Gasteiger partial charge in [-0.3, -0.25) is 4.79 Å². The lowest BCUT2D eigenvalue weighted by atomic mass is 10.2. The third kappa shape index (κ3) is 6.88. The van der Waals surface area contributed by atoms with Gasteiger partial charge < -0.3 is 19.1 Å². The van der Waals surface area contributed by atoms with Gasteiger partial charge in [-0.25, -0.2) is 4.79 Å². The van der Waals surface area contributed by atoms with E-state index in [0.29, 0.717) is 12.1 Å². The number of alkyl halides is 2. The van der Waals surface area contributed by atoms with Gasteiger partial charge in [0.1, 0.15) is 0 Å². The number of carbonyl (C=O) groups excluding carboxylic acids is 2.